The van der Waals surface area contributed by atoms with Crippen molar-refractivity contribution in [2.75, 3.05) is 6.61 Å². The predicted octanol–water partition coefficient (Wildman–Crippen LogP) is 4.02. The quantitative estimate of drug-likeness (QED) is 0.333. The molecule has 0 amide bonds. The van der Waals surface area contributed by atoms with E-state index in [-0.39, 0.29) is 56.7 Å². The predicted molar refractivity (Wildman–Crippen MR) is 94.7 cm³/mol. The molecule has 2 rings (SSSR count). The van der Waals surface area contributed by atoms with E-state index in [9.17, 15) is 28.1 Å². The van der Waals surface area contributed by atoms with Gasteiger partial charge in [0.1, 0.15) is 18.1 Å². The standard InChI is InChI=1S/C15H9ClF3NO5S.Na.H/c16-10-5-8(15(17,18)19)1-4-12(10)25-9-2-3-11(20(23)24)13(6-9)26-14(22)7-21;;/h1-6,21H,7H2;;. The first-order chi connectivity index (χ1) is 12.1. The van der Waals surface area contributed by atoms with Crippen LogP contribution in [0.3, 0.4) is 0 Å². The molecule has 2 aromatic rings. The van der Waals surface area contributed by atoms with Crippen molar-refractivity contribution >= 4 is 63.7 Å². The second kappa shape index (κ2) is 9.76. The number of halogens is 4. The molecule has 0 spiro atoms. The second-order valence-electron chi connectivity index (χ2n) is 4.76. The minimum absolute atomic E-state index is 0. The number of alkyl halides is 3. The van der Waals surface area contributed by atoms with E-state index in [1.807, 2.05) is 0 Å². The second-order valence-corrected chi connectivity index (χ2v) is 6.27. The van der Waals surface area contributed by atoms with Crippen molar-refractivity contribution < 1.29 is 32.7 Å². The van der Waals surface area contributed by atoms with E-state index in [0.717, 1.165) is 24.3 Å². The summed E-state index contributed by atoms with van der Waals surface area (Å²) in [6.45, 7) is -0.822. The zero-order chi connectivity index (χ0) is 19.5. The summed E-state index contributed by atoms with van der Waals surface area (Å²) in [5, 5.41) is 18.7. The molecule has 0 fully saturated rings. The van der Waals surface area contributed by atoms with Gasteiger partial charge in [0.05, 0.1) is 20.4 Å². The fourth-order valence-corrected chi connectivity index (χ4v) is 2.78. The minimum atomic E-state index is -4.57. The van der Waals surface area contributed by atoms with Gasteiger partial charge in [-0.3, -0.25) is 14.9 Å². The van der Waals surface area contributed by atoms with Gasteiger partial charge in [-0.1, -0.05) is 11.6 Å². The molecule has 140 valence electrons. The maximum absolute atomic E-state index is 12.6. The van der Waals surface area contributed by atoms with Crippen LogP contribution in [0, 0.1) is 10.1 Å². The van der Waals surface area contributed by atoms with E-state index >= 15 is 0 Å². The molecule has 2 aromatic carbocycles. The van der Waals surface area contributed by atoms with Crippen LogP contribution in [-0.2, 0) is 11.0 Å². The van der Waals surface area contributed by atoms with Gasteiger partial charge in [-0.2, -0.15) is 13.2 Å². The molecule has 12 heteroatoms. The number of benzene rings is 2. The molecule has 0 saturated carbocycles. The summed E-state index contributed by atoms with van der Waals surface area (Å²) in [6, 6.07) is 5.91. The third-order valence-electron chi connectivity index (χ3n) is 2.97. The number of carbonyl (C=O) groups is 1. The van der Waals surface area contributed by atoms with Gasteiger partial charge < -0.3 is 9.84 Å². The molecular weight excluding hydrogens is 422 g/mol. The summed E-state index contributed by atoms with van der Waals surface area (Å²) in [5.74, 6) is -0.0801. The van der Waals surface area contributed by atoms with Crippen LogP contribution in [0.5, 0.6) is 11.5 Å². The molecule has 0 bridgehead atoms. The van der Waals surface area contributed by atoms with Gasteiger partial charge in [0.15, 0.2) is 0 Å². The van der Waals surface area contributed by atoms with E-state index in [1.165, 1.54) is 6.07 Å². The average molecular weight is 432 g/mol. The van der Waals surface area contributed by atoms with Crippen LogP contribution in [0.1, 0.15) is 5.56 Å². The van der Waals surface area contributed by atoms with Crippen LogP contribution in [0.15, 0.2) is 41.3 Å². The molecule has 6 nitrogen and oxygen atoms in total. The van der Waals surface area contributed by atoms with Crippen LogP contribution in [-0.4, -0.2) is 51.3 Å². The van der Waals surface area contributed by atoms with Crippen molar-refractivity contribution in [3.05, 3.63) is 57.1 Å². The number of ether oxygens (including phenoxy) is 1. The zero-order valence-corrected chi connectivity index (χ0v) is 14.2. The van der Waals surface area contributed by atoms with Crippen molar-refractivity contribution in [2.24, 2.45) is 0 Å². The number of aliphatic hydroxyl groups is 1. The number of hydrogen-bond acceptors (Lipinski definition) is 6. The number of aliphatic hydroxyl groups excluding tert-OH is 1. The first-order valence-corrected chi connectivity index (χ1v) is 7.96. The van der Waals surface area contributed by atoms with Gasteiger partial charge >= 0.3 is 35.7 Å². The van der Waals surface area contributed by atoms with Crippen LogP contribution in [0.25, 0.3) is 0 Å². The molecule has 0 saturated heterocycles. The SMILES string of the molecule is O=C(CO)Sc1cc(Oc2ccc(C(F)(F)F)cc2Cl)ccc1[N+](=O)[O-].[NaH]. The van der Waals surface area contributed by atoms with Crippen molar-refractivity contribution in [1.29, 1.82) is 0 Å². The van der Waals surface area contributed by atoms with E-state index in [2.05, 4.69) is 0 Å². The number of nitro groups is 1. The number of nitro benzene ring substituents is 1. The fraction of sp³-hybridized carbons (Fsp3) is 0.133. The Morgan fingerprint density at radius 3 is 2.44 bits per heavy atom. The van der Waals surface area contributed by atoms with Gasteiger partial charge in [0, 0.05) is 12.1 Å². The van der Waals surface area contributed by atoms with Gasteiger partial charge in [0.25, 0.3) is 5.69 Å². The Balaban J connectivity index is 0.00000364. The van der Waals surface area contributed by atoms with Gasteiger partial charge in [-0.15, -0.1) is 0 Å². The van der Waals surface area contributed by atoms with Gasteiger partial charge in [-0.25, -0.2) is 0 Å². The first-order valence-electron chi connectivity index (χ1n) is 6.76. The zero-order valence-electron chi connectivity index (χ0n) is 12.6. The Kier molecular flexibility index (Phi) is 8.58. The van der Waals surface area contributed by atoms with Crippen molar-refractivity contribution in [1.82, 2.24) is 0 Å². The molecule has 0 radical (unpaired) electrons. The molecule has 27 heavy (non-hydrogen) atoms. The number of carbonyl (C=O) groups excluding carboxylic acids is 1. The van der Waals surface area contributed by atoms with Crippen molar-refractivity contribution in [3.8, 4) is 11.5 Å². The summed E-state index contributed by atoms with van der Waals surface area (Å²) < 4.78 is 43.3. The summed E-state index contributed by atoms with van der Waals surface area (Å²) in [6.07, 6.45) is -4.57. The fourth-order valence-electron chi connectivity index (χ4n) is 1.83. The summed E-state index contributed by atoms with van der Waals surface area (Å²) in [7, 11) is 0. The third kappa shape index (κ3) is 6.37. The third-order valence-corrected chi connectivity index (χ3v) is 4.17. The Labute approximate surface area is 182 Å². The Morgan fingerprint density at radius 2 is 1.93 bits per heavy atom. The Bertz CT molecular complexity index is 866. The van der Waals surface area contributed by atoms with E-state index in [0.29, 0.717) is 17.8 Å². The summed E-state index contributed by atoms with van der Waals surface area (Å²) in [5.41, 5.74) is -1.34. The summed E-state index contributed by atoms with van der Waals surface area (Å²) >= 11 is 6.23. The molecule has 0 aliphatic heterocycles. The van der Waals surface area contributed by atoms with Gasteiger partial charge in [-0.05, 0) is 36.0 Å². The molecule has 0 aromatic heterocycles. The van der Waals surface area contributed by atoms with E-state index < -0.39 is 28.4 Å². The van der Waals surface area contributed by atoms with Crippen LogP contribution in [0.2, 0.25) is 5.02 Å². The van der Waals surface area contributed by atoms with Gasteiger partial charge in [0.2, 0.25) is 5.12 Å². The molecule has 0 heterocycles. The van der Waals surface area contributed by atoms with Crippen LogP contribution < -0.4 is 4.74 Å². The molecule has 0 unspecified atom stereocenters. The van der Waals surface area contributed by atoms with E-state index in [4.69, 9.17) is 21.4 Å². The number of nitrogens with zero attached hydrogens (tertiary/aromatic N) is 1. The number of hydrogen-bond donors (Lipinski definition) is 1. The van der Waals surface area contributed by atoms with Crippen molar-refractivity contribution in [3.63, 3.8) is 0 Å². The topological polar surface area (TPSA) is 89.7 Å². The Hall–Kier alpha value is -1.30. The molecule has 0 atom stereocenters. The first kappa shape index (κ1) is 23.7. The molecule has 1 N–H and O–H groups in total. The molecule has 0 aliphatic carbocycles. The summed E-state index contributed by atoms with van der Waals surface area (Å²) in [4.78, 5) is 21.5. The number of thioether (sulfide) groups is 1. The van der Waals surface area contributed by atoms with Crippen LogP contribution in [0.4, 0.5) is 18.9 Å². The van der Waals surface area contributed by atoms with Crippen molar-refractivity contribution in [2.45, 2.75) is 11.1 Å². The molecule has 0 aliphatic rings. The maximum atomic E-state index is 12.6. The average Bonchev–Trinajstić information content (AvgIpc) is 2.55. The normalized spacial score (nSPS) is 10.9. The Morgan fingerprint density at radius 1 is 1.26 bits per heavy atom. The molecular formula is C15H10ClF3NNaO5S. The monoisotopic (exact) mass is 431 g/mol. The van der Waals surface area contributed by atoms with E-state index in [1.54, 1.807) is 0 Å². The van der Waals surface area contributed by atoms with Crippen LogP contribution >= 0.6 is 23.4 Å². The number of rotatable bonds is 5.